The number of urea groups is 1. The van der Waals surface area contributed by atoms with Gasteiger partial charge in [-0.15, -0.1) is 0 Å². The minimum atomic E-state index is -0.724. The molecule has 3 N–H and O–H groups in total. The molecule has 0 unspecified atom stereocenters. The zero-order chi connectivity index (χ0) is 12.4. The Bertz CT molecular complexity index is 324. The number of thioether (sulfide) groups is 1. The van der Waals surface area contributed by atoms with Crippen LogP contribution in [0.2, 0.25) is 0 Å². The van der Waals surface area contributed by atoms with Crippen molar-refractivity contribution in [1.82, 2.24) is 10.6 Å². The summed E-state index contributed by atoms with van der Waals surface area (Å²) >= 11 is 1.87. The predicted octanol–water partition coefficient (Wildman–Crippen LogP) is 1.04. The van der Waals surface area contributed by atoms with Crippen molar-refractivity contribution in [3.63, 3.8) is 0 Å². The number of carbonyl (C=O) groups is 2. The monoisotopic (exact) mass is 258 g/mol. The van der Waals surface area contributed by atoms with Crippen LogP contribution >= 0.6 is 11.8 Å². The fourth-order valence-corrected chi connectivity index (χ4v) is 3.94. The molecule has 17 heavy (non-hydrogen) atoms. The van der Waals surface area contributed by atoms with Gasteiger partial charge in [0.1, 0.15) is 0 Å². The van der Waals surface area contributed by atoms with Gasteiger partial charge in [0.05, 0.1) is 18.0 Å². The average Bonchev–Trinajstić information content (AvgIpc) is 2.78. The summed E-state index contributed by atoms with van der Waals surface area (Å²) in [6, 6.07) is 0.422. The van der Waals surface area contributed by atoms with Gasteiger partial charge in [0.2, 0.25) is 0 Å². The zero-order valence-corrected chi connectivity index (χ0v) is 10.6. The molecular formula is C11H18N2O3S. The Balaban J connectivity index is 1.73. The molecule has 5 nitrogen and oxygen atoms in total. The highest BCUT2D eigenvalue weighted by Gasteiger charge is 2.42. The maximum atomic E-state index is 11.2. The number of carboxylic acids is 1. The first-order chi connectivity index (χ1) is 8.08. The maximum absolute atomic E-state index is 11.2. The van der Waals surface area contributed by atoms with Crippen LogP contribution in [0.25, 0.3) is 0 Å². The second-order valence-corrected chi connectivity index (χ2v) is 6.06. The molecule has 2 amide bonds. The van der Waals surface area contributed by atoms with E-state index in [1.165, 1.54) is 0 Å². The van der Waals surface area contributed by atoms with Gasteiger partial charge >= 0.3 is 12.0 Å². The summed E-state index contributed by atoms with van der Waals surface area (Å²) in [5, 5.41) is 15.1. The van der Waals surface area contributed by atoms with Crippen LogP contribution in [0.15, 0.2) is 0 Å². The van der Waals surface area contributed by atoms with E-state index >= 15 is 0 Å². The summed E-state index contributed by atoms with van der Waals surface area (Å²) < 4.78 is 0. The van der Waals surface area contributed by atoms with Crippen molar-refractivity contribution >= 4 is 23.8 Å². The zero-order valence-electron chi connectivity index (χ0n) is 9.81. The van der Waals surface area contributed by atoms with Crippen LogP contribution in [0.3, 0.4) is 0 Å². The predicted molar refractivity (Wildman–Crippen MR) is 66.1 cm³/mol. The van der Waals surface area contributed by atoms with Gasteiger partial charge < -0.3 is 15.7 Å². The Kier molecular flexibility index (Phi) is 3.81. The van der Waals surface area contributed by atoms with Gasteiger partial charge in [0.25, 0.3) is 0 Å². The van der Waals surface area contributed by atoms with Gasteiger partial charge in [0.15, 0.2) is 0 Å². The van der Waals surface area contributed by atoms with Crippen LogP contribution in [0, 0.1) is 5.92 Å². The molecule has 2 heterocycles. The highest BCUT2D eigenvalue weighted by atomic mass is 32.2. The van der Waals surface area contributed by atoms with Crippen LogP contribution in [-0.4, -0.2) is 40.2 Å². The van der Waals surface area contributed by atoms with E-state index < -0.39 is 5.97 Å². The molecule has 0 saturated carbocycles. The van der Waals surface area contributed by atoms with Crippen molar-refractivity contribution in [2.24, 2.45) is 5.92 Å². The Hall–Kier alpha value is -0.910. The van der Waals surface area contributed by atoms with E-state index in [0.717, 1.165) is 18.6 Å². The SMILES string of the molecule is C[C@@H](CCC[C@@H]1SC[C@@H]2NC(=O)N[C@@H]21)C(=O)O. The molecule has 0 aliphatic carbocycles. The number of rotatable bonds is 5. The first kappa shape index (κ1) is 12.5. The van der Waals surface area contributed by atoms with Gasteiger partial charge in [-0.2, -0.15) is 11.8 Å². The number of hydrogen-bond acceptors (Lipinski definition) is 3. The molecule has 0 aromatic heterocycles. The van der Waals surface area contributed by atoms with E-state index in [1.54, 1.807) is 6.92 Å². The molecule has 2 fully saturated rings. The number of aliphatic carboxylic acids is 1. The number of carbonyl (C=O) groups excluding carboxylic acids is 1. The minimum Gasteiger partial charge on any atom is -0.481 e. The molecule has 2 saturated heterocycles. The van der Waals surface area contributed by atoms with E-state index in [4.69, 9.17) is 5.11 Å². The summed E-state index contributed by atoms with van der Waals surface area (Å²) in [5.41, 5.74) is 0. The Morgan fingerprint density at radius 3 is 3.06 bits per heavy atom. The Morgan fingerprint density at radius 1 is 1.59 bits per heavy atom. The van der Waals surface area contributed by atoms with Crippen LogP contribution in [-0.2, 0) is 4.79 Å². The first-order valence-electron chi connectivity index (χ1n) is 5.99. The van der Waals surface area contributed by atoms with Crippen LogP contribution in [0.1, 0.15) is 26.2 Å². The van der Waals surface area contributed by atoms with E-state index in [1.807, 2.05) is 11.8 Å². The molecule has 0 spiro atoms. The normalized spacial score (nSPS) is 32.8. The molecule has 6 heteroatoms. The smallest absolute Gasteiger partial charge is 0.315 e. The average molecular weight is 258 g/mol. The van der Waals surface area contributed by atoms with E-state index in [0.29, 0.717) is 11.7 Å². The maximum Gasteiger partial charge on any atom is 0.315 e. The van der Waals surface area contributed by atoms with Gasteiger partial charge in [0, 0.05) is 11.0 Å². The van der Waals surface area contributed by atoms with Crippen LogP contribution in [0.5, 0.6) is 0 Å². The molecule has 0 bridgehead atoms. The van der Waals surface area contributed by atoms with Gasteiger partial charge in [-0.25, -0.2) is 4.79 Å². The molecule has 96 valence electrons. The standard InChI is InChI=1S/C11H18N2O3S/c1-6(10(14)15)3-2-4-8-9-7(5-17-8)12-11(16)13-9/h6-9H,2-5H2,1H3,(H,14,15)(H2,12,13,16)/t6-,7-,8-,9-/m0/s1. The topological polar surface area (TPSA) is 78.4 Å². The first-order valence-corrected chi connectivity index (χ1v) is 7.04. The third kappa shape index (κ3) is 2.86. The molecule has 0 aromatic carbocycles. The quantitative estimate of drug-likeness (QED) is 0.644. The van der Waals surface area contributed by atoms with Crippen molar-refractivity contribution in [1.29, 1.82) is 0 Å². The Morgan fingerprint density at radius 2 is 2.35 bits per heavy atom. The van der Waals surface area contributed by atoms with E-state index in [9.17, 15) is 9.59 Å². The molecule has 0 aromatic rings. The number of hydrogen-bond donors (Lipinski definition) is 3. The Labute approximate surface area is 105 Å². The third-order valence-corrected chi connectivity index (χ3v) is 4.99. The van der Waals surface area contributed by atoms with Gasteiger partial charge in [-0.05, 0) is 12.8 Å². The van der Waals surface area contributed by atoms with E-state index in [-0.39, 0.29) is 24.0 Å². The highest BCUT2D eigenvalue weighted by molar-refractivity contribution is 8.00. The largest absolute Gasteiger partial charge is 0.481 e. The fourth-order valence-electron chi connectivity index (χ4n) is 2.39. The molecule has 2 rings (SSSR count). The lowest BCUT2D eigenvalue weighted by atomic mass is 9.99. The number of amides is 2. The lowest BCUT2D eigenvalue weighted by molar-refractivity contribution is -0.141. The van der Waals surface area contributed by atoms with Crippen molar-refractivity contribution in [3.8, 4) is 0 Å². The summed E-state index contributed by atoms with van der Waals surface area (Å²) in [4.78, 5) is 21.8. The van der Waals surface area contributed by atoms with Crippen molar-refractivity contribution in [3.05, 3.63) is 0 Å². The van der Waals surface area contributed by atoms with Crippen molar-refractivity contribution in [2.75, 3.05) is 5.75 Å². The molecular weight excluding hydrogens is 240 g/mol. The van der Waals surface area contributed by atoms with Crippen molar-refractivity contribution in [2.45, 2.75) is 43.5 Å². The van der Waals surface area contributed by atoms with Gasteiger partial charge in [-0.1, -0.05) is 13.3 Å². The molecule has 4 atom stereocenters. The summed E-state index contributed by atoms with van der Waals surface area (Å²) in [6.45, 7) is 1.74. The molecule has 2 aliphatic heterocycles. The summed E-state index contributed by atoms with van der Waals surface area (Å²) in [6.07, 6.45) is 2.60. The van der Waals surface area contributed by atoms with Crippen LogP contribution in [0.4, 0.5) is 4.79 Å². The lowest BCUT2D eigenvalue weighted by Crippen LogP contribution is -2.36. The second-order valence-electron chi connectivity index (χ2n) is 4.79. The lowest BCUT2D eigenvalue weighted by Gasteiger charge is -2.17. The summed E-state index contributed by atoms with van der Waals surface area (Å²) in [7, 11) is 0. The van der Waals surface area contributed by atoms with Crippen molar-refractivity contribution < 1.29 is 14.7 Å². The number of fused-ring (bicyclic) bond motifs is 1. The van der Waals surface area contributed by atoms with Crippen LogP contribution < -0.4 is 10.6 Å². The highest BCUT2D eigenvalue weighted by Crippen LogP contribution is 2.33. The second kappa shape index (κ2) is 5.16. The molecule has 0 radical (unpaired) electrons. The van der Waals surface area contributed by atoms with E-state index in [2.05, 4.69) is 10.6 Å². The molecule has 2 aliphatic rings. The van der Waals surface area contributed by atoms with Gasteiger partial charge in [-0.3, -0.25) is 4.79 Å². The third-order valence-electron chi connectivity index (χ3n) is 3.49. The fraction of sp³-hybridized carbons (Fsp3) is 0.818. The number of carboxylic acid groups (broad SMARTS) is 1. The number of nitrogens with one attached hydrogen (secondary N) is 2. The summed E-state index contributed by atoms with van der Waals surface area (Å²) in [5.74, 6) is -0.0333. The minimum absolute atomic E-state index is 0.0656.